The molecular weight excluding hydrogens is 422 g/mol. The molecule has 4 heterocycles. The number of carbonyl (C=O) groups is 2. The van der Waals surface area contributed by atoms with Gasteiger partial charge in [-0.2, -0.15) is 0 Å². The fraction of sp³-hybridized carbons (Fsp3) is 0.167. The number of carbonyl (C=O) groups excluding carboxylic acids is 2. The minimum atomic E-state index is -0.696. The lowest BCUT2D eigenvalue weighted by Crippen LogP contribution is -2.31. The van der Waals surface area contributed by atoms with Crippen LogP contribution in [0, 0.1) is 0 Å². The third kappa shape index (κ3) is 3.34. The van der Waals surface area contributed by atoms with Gasteiger partial charge in [0.05, 0.1) is 24.0 Å². The Morgan fingerprint density at radius 2 is 1.97 bits per heavy atom. The maximum atomic E-state index is 13.4. The normalized spacial score (nSPS) is 16.3. The van der Waals surface area contributed by atoms with Crippen LogP contribution in [0.3, 0.4) is 0 Å². The van der Waals surface area contributed by atoms with Crippen LogP contribution >= 0.6 is 0 Å². The number of para-hydroxylation sites is 2. The monoisotopic (exact) mass is 441 g/mol. The lowest BCUT2D eigenvalue weighted by molar-refractivity contribution is -0.124. The van der Waals surface area contributed by atoms with E-state index in [1.54, 1.807) is 35.5 Å². The van der Waals surface area contributed by atoms with Crippen molar-refractivity contribution in [1.82, 2.24) is 14.5 Å². The van der Waals surface area contributed by atoms with Crippen LogP contribution in [0.1, 0.15) is 18.0 Å². The Kier molecular flexibility index (Phi) is 4.46. The third-order valence-electron chi connectivity index (χ3n) is 5.78. The highest BCUT2D eigenvalue weighted by Gasteiger charge is 2.41. The summed E-state index contributed by atoms with van der Waals surface area (Å²) >= 11 is 0. The van der Waals surface area contributed by atoms with Crippen molar-refractivity contribution in [2.24, 2.45) is 0 Å². The van der Waals surface area contributed by atoms with Gasteiger partial charge in [-0.25, -0.2) is 4.98 Å². The molecule has 0 saturated carbocycles. The fourth-order valence-electron chi connectivity index (χ4n) is 4.28. The number of benzene rings is 2. The van der Waals surface area contributed by atoms with E-state index in [1.165, 1.54) is 0 Å². The molecule has 0 fully saturated rings. The largest absolute Gasteiger partial charge is 0.454 e. The Morgan fingerprint density at radius 3 is 2.85 bits per heavy atom. The summed E-state index contributed by atoms with van der Waals surface area (Å²) in [5.74, 6) is 1.30. The molecule has 1 N–H and O–H groups in total. The van der Waals surface area contributed by atoms with Crippen molar-refractivity contribution in [2.45, 2.75) is 19.0 Å². The lowest BCUT2D eigenvalue weighted by atomic mass is 10.1. The molecule has 0 aliphatic carbocycles. The number of anilines is 2. The van der Waals surface area contributed by atoms with Crippen LogP contribution in [0.4, 0.5) is 11.6 Å². The number of fused-ring (bicyclic) bond motifs is 4. The number of ether oxygens (including phenoxy) is 2. The Labute approximate surface area is 188 Å². The van der Waals surface area contributed by atoms with Crippen molar-refractivity contribution < 1.29 is 19.1 Å². The van der Waals surface area contributed by atoms with Crippen molar-refractivity contribution in [3.63, 3.8) is 0 Å². The van der Waals surface area contributed by atoms with E-state index in [0.29, 0.717) is 29.7 Å². The number of hydrogen-bond donors (Lipinski definition) is 1. The molecule has 2 aliphatic rings. The molecule has 0 bridgehead atoms. The number of amides is 2. The van der Waals surface area contributed by atoms with Crippen LogP contribution in [0.5, 0.6) is 11.5 Å². The first kappa shape index (κ1) is 19.3. The van der Waals surface area contributed by atoms with E-state index in [0.717, 1.165) is 16.6 Å². The second-order valence-electron chi connectivity index (χ2n) is 7.89. The molecule has 1 unspecified atom stereocenters. The smallest absolute Gasteiger partial charge is 0.253 e. The maximum Gasteiger partial charge on any atom is 0.253 e. The summed E-state index contributed by atoms with van der Waals surface area (Å²) in [5.41, 5.74) is 3.06. The van der Waals surface area contributed by atoms with Gasteiger partial charge in [-0.3, -0.25) is 24.0 Å². The van der Waals surface area contributed by atoms with Crippen LogP contribution in [0.25, 0.3) is 11.0 Å². The SMILES string of the molecule is O=C(CC1C(=O)N(Cc2cccnc2)c2nc3ccccc3n21)Nc1ccc2c(c1)OCO2. The van der Waals surface area contributed by atoms with Crippen molar-refractivity contribution in [2.75, 3.05) is 17.0 Å². The summed E-state index contributed by atoms with van der Waals surface area (Å²) in [5, 5.41) is 2.87. The summed E-state index contributed by atoms with van der Waals surface area (Å²) in [6.45, 7) is 0.489. The zero-order valence-corrected chi connectivity index (χ0v) is 17.5. The first-order chi connectivity index (χ1) is 16.2. The zero-order chi connectivity index (χ0) is 22.4. The summed E-state index contributed by atoms with van der Waals surface area (Å²) in [6.07, 6.45) is 3.39. The van der Waals surface area contributed by atoms with Gasteiger partial charge in [-0.1, -0.05) is 18.2 Å². The van der Waals surface area contributed by atoms with Crippen LogP contribution < -0.4 is 19.7 Å². The predicted octanol–water partition coefficient (Wildman–Crippen LogP) is 3.28. The molecule has 164 valence electrons. The molecule has 0 spiro atoms. The summed E-state index contributed by atoms with van der Waals surface area (Å²) < 4.78 is 12.5. The third-order valence-corrected chi connectivity index (χ3v) is 5.78. The number of aromatic nitrogens is 3. The Hall–Kier alpha value is -4.40. The summed E-state index contributed by atoms with van der Waals surface area (Å²) in [4.78, 5) is 36.8. The molecule has 4 aromatic rings. The minimum Gasteiger partial charge on any atom is -0.454 e. The van der Waals surface area contributed by atoms with Gasteiger partial charge < -0.3 is 14.8 Å². The molecule has 9 heteroatoms. The van der Waals surface area contributed by atoms with E-state index in [4.69, 9.17) is 9.47 Å². The van der Waals surface area contributed by atoms with Gasteiger partial charge in [-0.05, 0) is 35.9 Å². The highest BCUT2D eigenvalue weighted by molar-refractivity contribution is 6.05. The number of pyridine rings is 1. The van der Waals surface area contributed by atoms with Gasteiger partial charge in [0.1, 0.15) is 6.04 Å². The van der Waals surface area contributed by atoms with Crippen LogP contribution in [0.15, 0.2) is 67.0 Å². The second-order valence-corrected chi connectivity index (χ2v) is 7.89. The van der Waals surface area contributed by atoms with E-state index < -0.39 is 6.04 Å². The van der Waals surface area contributed by atoms with Crippen LogP contribution in [0.2, 0.25) is 0 Å². The molecule has 2 aromatic carbocycles. The van der Waals surface area contributed by atoms with E-state index in [2.05, 4.69) is 15.3 Å². The molecule has 6 rings (SSSR count). The molecule has 0 saturated heterocycles. The standard InChI is InChI=1S/C24H19N5O4/c30-22(26-16-7-8-20-21(10-16)33-14-32-20)11-19-23(31)28(13-15-4-3-9-25-12-15)24-27-17-5-1-2-6-18(17)29(19)24/h1-10,12,19H,11,13-14H2,(H,26,30). The number of rotatable bonds is 5. The molecule has 0 radical (unpaired) electrons. The first-order valence-corrected chi connectivity index (χ1v) is 10.5. The molecule has 2 aromatic heterocycles. The Bertz CT molecular complexity index is 1380. The first-order valence-electron chi connectivity index (χ1n) is 10.5. The quantitative estimate of drug-likeness (QED) is 0.510. The molecule has 2 aliphatic heterocycles. The number of imidazole rings is 1. The summed E-state index contributed by atoms with van der Waals surface area (Å²) in [6, 6.07) is 15.9. The van der Waals surface area contributed by atoms with Crippen LogP contribution in [-0.4, -0.2) is 33.1 Å². The number of nitrogens with one attached hydrogen (secondary N) is 1. The van der Waals surface area contributed by atoms with E-state index in [-0.39, 0.29) is 25.0 Å². The zero-order valence-electron chi connectivity index (χ0n) is 17.5. The molecule has 9 nitrogen and oxygen atoms in total. The van der Waals surface area contributed by atoms with Crippen molar-refractivity contribution >= 4 is 34.5 Å². The second kappa shape index (κ2) is 7.63. The highest BCUT2D eigenvalue weighted by Crippen LogP contribution is 2.38. The predicted molar refractivity (Wildman–Crippen MR) is 120 cm³/mol. The van der Waals surface area contributed by atoms with Gasteiger partial charge in [0.25, 0.3) is 5.91 Å². The van der Waals surface area contributed by atoms with Crippen LogP contribution in [-0.2, 0) is 16.1 Å². The fourth-order valence-corrected chi connectivity index (χ4v) is 4.28. The van der Waals surface area contributed by atoms with Gasteiger partial charge in [0, 0.05) is 24.1 Å². The van der Waals surface area contributed by atoms with Gasteiger partial charge >= 0.3 is 0 Å². The molecule has 33 heavy (non-hydrogen) atoms. The van der Waals surface area contributed by atoms with Gasteiger partial charge in [0.15, 0.2) is 11.5 Å². The van der Waals surface area contributed by atoms with Gasteiger partial charge in [0.2, 0.25) is 18.6 Å². The van der Waals surface area contributed by atoms with Crippen molar-refractivity contribution in [3.05, 3.63) is 72.6 Å². The van der Waals surface area contributed by atoms with E-state index in [9.17, 15) is 9.59 Å². The summed E-state index contributed by atoms with van der Waals surface area (Å²) in [7, 11) is 0. The van der Waals surface area contributed by atoms with Crippen molar-refractivity contribution in [1.29, 1.82) is 0 Å². The maximum absolute atomic E-state index is 13.4. The lowest BCUT2D eigenvalue weighted by Gasteiger charge is -2.16. The Morgan fingerprint density at radius 1 is 1.09 bits per heavy atom. The average molecular weight is 441 g/mol. The topological polar surface area (TPSA) is 98.6 Å². The average Bonchev–Trinajstić information content (AvgIpc) is 3.51. The van der Waals surface area contributed by atoms with E-state index in [1.807, 2.05) is 41.0 Å². The number of hydrogen-bond acceptors (Lipinski definition) is 6. The number of nitrogens with zero attached hydrogens (tertiary/aromatic N) is 4. The molecule has 1 atom stereocenters. The van der Waals surface area contributed by atoms with Crippen molar-refractivity contribution in [3.8, 4) is 11.5 Å². The molecule has 2 amide bonds. The molecular formula is C24H19N5O4. The minimum absolute atomic E-state index is 0.0236. The highest BCUT2D eigenvalue weighted by atomic mass is 16.7. The van der Waals surface area contributed by atoms with Gasteiger partial charge in [-0.15, -0.1) is 0 Å². The Balaban J connectivity index is 1.30. The van der Waals surface area contributed by atoms with E-state index >= 15 is 0 Å².